The van der Waals surface area contributed by atoms with Crippen LogP contribution in [0.2, 0.25) is 0 Å². The van der Waals surface area contributed by atoms with Crippen LogP contribution in [0.1, 0.15) is 23.9 Å². The minimum atomic E-state index is 0.196. The maximum atomic E-state index is 5.96. The minimum absolute atomic E-state index is 0.196. The van der Waals surface area contributed by atoms with Crippen molar-refractivity contribution in [2.75, 3.05) is 27.3 Å². The van der Waals surface area contributed by atoms with Crippen LogP contribution in [0.25, 0.3) is 0 Å². The first-order valence-electron chi connectivity index (χ1n) is 8.09. The largest absolute Gasteiger partial charge is 0.493 e. The zero-order valence-corrected chi connectivity index (χ0v) is 13.9. The fourth-order valence-electron chi connectivity index (χ4n) is 3.56. The van der Waals surface area contributed by atoms with E-state index in [9.17, 15) is 0 Å². The number of piperidine rings is 1. The molecule has 24 heavy (non-hydrogen) atoms. The molecule has 0 N–H and O–H groups in total. The highest BCUT2D eigenvalue weighted by Crippen LogP contribution is 2.33. The Balaban J connectivity index is 1.54. The summed E-state index contributed by atoms with van der Waals surface area (Å²) >= 11 is 0. The van der Waals surface area contributed by atoms with Crippen molar-refractivity contribution < 1.29 is 14.2 Å². The predicted octanol–water partition coefficient (Wildman–Crippen LogP) is 1.04. The number of hydrogen-bond donors (Lipinski definition) is 0. The summed E-state index contributed by atoms with van der Waals surface area (Å²) in [5, 5.41) is 8.26. The Morgan fingerprint density at radius 1 is 1.33 bits per heavy atom. The molecule has 4 rings (SSSR count). The molecule has 2 unspecified atom stereocenters. The lowest BCUT2D eigenvalue weighted by atomic mass is 10.00. The van der Waals surface area contributed by atoms with Crippen molar-refractivity contribution in [2.45, 2.75) is 31.7 Å². The van der Waals surface area contributed by atoms with Crippen LogP contribution in [0.4, 0.5) is 0 Å². The molecule has 0 spiro atoms. The summed E-state index contributed by atoms with van der Waals surface area (Å²) in [5.74, 6) is 1.40. The molecule has 0 amide bonds. The monoisotopic (exact) mass is 331 g/mol. The zero-order chi connectivity index (χ0) is 16.5. The van der Waals surface area contributed by atoms with Crippen LogP contribution in [-0.2, 0) is 17.9 Å². The summed E-state index contributed by atoms with van der Waals surface area (Å²) in [6.45, 7) is 3.10. The maximum absolute atomic E-state index is 5.96. The molecule has 0 radical (unpaired) electrons. The fourth-order valence-corrected chi connectivity index (χ4v) is 3.56. The first kappa shape index (κ1) is 15.3. The van der Waals surface area contributed by atoms with E-state index in [1.165, 1.54) is 0 Å². The van der Waals surface area contributed by atoms with Crippen LogP contribution in [0.5, 0.6) is 11.5 Å². The van der Waals surface area contributed by atoms with Gasteiger partial charge in [0, 0.05) is 31.9 Å². The van der Waals surface area contributed by atoms with Gasteiger partial charge in [-0.15, -0.1) is 5.10 Å². The van der Waals surface area contributed by atoms with Crippen molar-refractivity contribution >= 4 is 0 Å². The van der Waals surface area contributed by atoms with Crippen LogP contribution >= 0.6 is 0 Å². The van der Waals surface area contributed by atoms with Gasteiger partial charge in [0.25, 0.3) is 0 Å². The van der Waals surface area contributed by atoms with Crippen molar-refractivity contribution in [2.24, 2.45) is 0 Å². The third-order valence-electron chi connectivity index (χ3n) is 4.75. The van der Waals surface area contributed by atoms with E-state index < -0.39 is 0 Å². The minimum Gasteiger partial charge on any atom is -0.493 e. The molecule has 2 atom stereocenters. The summed E-state index contributed by atoms with van der Waals surface area (Å²) < 4.78 is 18.8. The van der Waals surface area contributed by atoms with Crippen molar-refractivity contribution in [1.29, 1.82) is 0 Å². The van der Waals surface area contributed by atoms with Gasteiger partial charge >= 0.3 is 0 Å². The topological polar surface area (TPSA) is 74.5 Å². The normalized spacial score (nSPS) is 23.4. The Hall–Kier alpha value is -2.19. The smallest absolute Gasteiger partial charge is 0.183 e. The lowest BCUT2D eigenvalue weighted by Crippen LogP contribution is -2.47. The van der Waals surface area contributed by atoms with Gasteiger partial charge in [-0.2, -0.15) is 0 Å². The molecule has 1 fully saturated rings. The molecule has 0 saturated carbocycles. The van der Waals surface area contributed by atoms with E-state index in [-0.39, 0.29) is 12.1 Å². The van der Waals surface area contributed by atoms with Gasteiger partial charge in [0.1, 0.15) is 5.69 Å². The average molecular weight is 331 g/mol. The fraction of sp³-hybridized carbons (Fsp3) is 0.562. The molecule has 2 aromatic heterocycles. The van der Waals surface area contributed by atoms with E-state index in [0.29, 0.717) is 24.7 Å². The SMILES string of the molecule is COc1ccnc(CN2CCC3OCc4cnnn4C3C2)c1OC. The second-order valence-corrected chi connectivity index (χ2v) is 6.10. The molecule has 128 valence electrons. The van der Waals surface area contributed by atoms with E-state index in [4.69, 9.17) is 14.2 Å². The Morgan fingerprint density at radius 3 is 3.08 bits per heavy atom. The molecular formula is C16H21N5O3. The summed E-state index contributed by atoms with van der Waals surface area (Å²) in [4.78, 5) is 6.83. The molecule has 8 heteroatoms. The lowest BCUT2D eigenvalue weighted by Gasteiger charge is -2.40. The number of nitrogens with zero attached hydrogens (tertiary/aromatic N) is 5. The van der Waals surface area contributed by atoms with Gasteiger partial charge in [0.15, 0.2) is 11.5 Å². The van der Waals surface area contributed by atoms with Gasteiger partial charge in [-0.3, -0.25) is 9.88 Å². The second-order valence-electron chi connectivity index (χ2n) is 6.10. The Bertz CT molecular complexity index is 719. The standard InChI is InChI=1S/C16H21N5O3/c1-22-15-3-5-17-12(16(15)23-2)8-20-6-4-14-13(9-20)21-11(10-24-14)7-18-19-21/h3,5,7,13-14H,4,6,8-10H2,1-2H3. The Kier molecular flexibility index (Phi) is 4.07. The highest BCUT2D eigenvalue weighted by atomic mass is 16.5. The molecule has 0 aromatic carbocycles. The average Bonchev–Trinajstić information content (AvgIpc) is 3.10. The Morgan fingerprint density at radius 2 is 2.25 bits per heavy atom. The molecular weight excluding hydrogens is 310 g/mol. The molecule has 2 aromatic rings. The summed E-state index contributed by atoms with van der Waals surface area (Å²) in [6, 6.07) is 2.01. The Labute approximate surface area is 140 Å². The van der Waals surface area contributed by atoms with Crippen molar-refractivity contribution in [3.8, 4) is 11.5 Å². The number of ether oxygens (including phenoxy) is 3. The van der Waals surface area contributed by atoms with Gasteiger partial charge < -0.3 is 14.2 Å². The lowest BCUT2D eigenvalue weighted by molar-refractivity contribution is -0.0672. The number of hydrogen-bond acceptors (Lipinski definition) is 7. The van der Waals surface area contributed by atoms with Crippen molar-refractivity contribution in [3.63, 3.8) is 0 Å². The van der Waals surface area contributed by atoms with E-state index >= 15 is 0 Å². The second kappa shape index (κ2) is 6.37. The summed E-state index contributed by atoms with van der Waals surface area (Å²) in [5.41, 5.74) is 1.92. The van der Waals surface area contributed by atoms with E-state index in [0.717, 1.165) is 30.9 Å². The van der Waals surface area contributed by atoms with Gasteiger partial charge in [0.2, 0.25) is 0 Å². The first-order valence-corrected chi connectivity index (χ1v) is 8.09. The van der Waals surface area contributed by atoms with Gasteiger partial charge in [-0.05, 0) is 6.42 Å². The van der Waals surface area contributed by atoms with E-state index in [1.807, 2.05) is 10.7 Å². The third-order valence-corrected chi connectivity index (χ3v) is 4.75. The molecule has 8 nitrogen and oxygen atoms in total. The highest BCUT2D eigenvalue weighted by molar-refractivity contribution is 5.42. The molecule has 1 saturated heterocycles. The van der Waals surface area contributed by atoms with Crippen LogP contribution in [0.3, 0.4) is 0 Å². The number of fused-ring (bicyclic) bond motifs is 3. The zero-order valence-electron chi connectivity index (χ0n) is 13.9. The van der Waals surface area contributed by atoms with E-state index in [1.54, 1.807) is 26.6 Å². The molecule has 2 aliphatic rings. The van der Waals surface area contributed by atoms with Gasteiger partial charge in [-0.25, -0.2) is 4.68 Å². The summed E-state index contributed by atoms with van der Waals surface area (Å²) in [7, 11) is 3.28. The first-order chi connectivity index (χ1) is 11.8. The van der Waals surface area contributed by atoms with Crippen LogP contribution in [-0.4, -0.2) is 58.3 Å². The molecule has 4 heterocycles. The highest BCUT2D eigenvalue weighted by Gasteiger charge is 2.36. The number of rotatable bonds is 4. The third kappa shape index (κ3) is 2.61. The predicted molar refractivity (Wildman–Crippen MR) is 84.9 cm³/mol. The van der Waals surface area contributed by atoms with Gasteiger partial charge in [0.05, 0.1) is 44.9 Å². The van der Waals surface area contributed by atoms with Crippen LogP contribution in [0, 0.1) is 0 Å². The summed E-state index contributed by atoms with van der Waals surface area (Å²) in [6.07, 6.45) is 4.71. The molecule has 0 aliphatic carbocycles. The van der Waals surface area contributed by atoms with Crippen LogP contribution < -0.4 is 9.47 Å². The van der Waals surface area contributed by atoms with Crippen LogP contribution in [0.15, 0.2) is 18.5 Å². The molecule has 2 aliphatic heterocycles. The van der Waals surface area contributed by atoms with Crippen molar-refractivity contribution in [1.82, 2.24) is 24.9 Å². The molecule has 0 bridgehead atoms. The van der Waals surface area contributed by atoms with Gasteiger partial charge in [-0.1, -0.05) is 5.21 Å². The number of methoxy groups -OCH3 is 2. The maximum Gasteiger partial charge on any atom is 0.183 e. The van der Waals surface area contributed by atoms with Crippen molar-refractivity contribution in [3.05, 3.63) is 29.8 Å². The number of likely N-dealkylation sites (tertiary alicyclic amines) is 1. The quantitative estimate of drug-likeness (QED) is 0.828. The number of aromatic nitrogens is 4. The van der Waals surface area contributed by atoms with E-state index in [2.05, 4.69) is 20.2 Å². The number of pyridine rings is 1.